The number of aryl methyl sites for hydroxylation is 1. The summed E-state index contributed by atoms with van der Waals surface area (Å²) in [4.78, 5) is 10.2. The van der Waals surface area contributed by atoms with Gasteiger partial charge in [-0.3, -0.25) is 4.79 Å². The van der Waals surface area contributed by atoms with Crippen molar-refractivity contribution < 1.29 is 9.90 Å². The number of hydrogen-bond acceptors (Lipinski definition) is 4. The third kappa shape index (κ3) is 2.82. The monoisotopic (exact) mass is 190 g/mol. The van der Waals surface area contributed by atoms with E-state index in [0.717, 1.165) is 5.56 Å². The number of rotatable bonds is 3. The molecule has 0 amide bonds. The van der Waals surface area contributed by atoms with E-state index in [2.05, 4.69) is 10.2 Å². The van der Waals surface area contributed by atoms with Gasteiger partial charge in [0.2, 0.25) is 0 Å². The summed E-state index contributed by atoms with van der Waals surface area (Å²) in [5, 5.41) is 15.8. The Morgan fingerprint density at radius 3 is 2.50 bits per heavy atom. The molecule has 0 heterocycles. The molecule has 0 aliphatic rings. The van der Waals surface area contributed by atoms with Crippen molar-refractivity contribution in [3.8, 4) is 0 Å². The van der Waals surface area contributed by atoms with Gasteiger partial charge in [-0.1, -0.05) is 17.7 Å². The fourth-order valence-electron chi connectivity index (χ4n) is 0.807. The summed E-state index contributed by atoms with van der Waals surface area (Å²) in [6, 6.07) is 7.33. The number of hydrogen-bond donors (Lipinski definition) is 1. The number of aldehydes is 1. The summed E-state index contributed by atoms with van der Waals surface area (Å²) < 4.78 is 0. The van der Waals surface area contributed by atoms with Crippen LogP contribution in [-0.4, -0.2) is 11.4 Å². The summed E-state index contributed by atoms with van der Waals surface area (Å²) in [5.74, 6) is 0. The molecular weight excluding hydrogens is 180 g/mol. The van der Waals surface area contributed by atoms with Crippen molar-refractivity contribution in [1.82, 2.24) is 0 Å². The van der Waals surface area contributed by atoms with Gasteiger partial charge in [0.25, 0.3) is 0 Å². The van der Waals surface area contributed by atoms with Crippen LogP contribution >= 0.6 is 0 Å². The van der Waals surface area contributed by atoms with Gasteiger partial charge < -0.3 is 5.11 Å². The summed E-state index contributed by atoms with van der Waals surface area (Å²) >= 11 is 0. The van der Waals surface area contributed by atoms with Crippen LogP contribution in [0.3, 0.4) is 0 Å². The molecule has 0 bridgehead atoms. The minimum atomic E-state index is -0.106. The Bertz CT molecular complexity index is 366. The minimum Gasteiger partial charge on any atom is -0.513 e. The zero-order chi connectivity index (χ0) is 10.4. The molecule has 0 saturated carbocycles. The molecule has 0 atom stereocenters. The number of benzene rings is 1. The van der Waals surface area contributed by atoms with Crippen molar-refractivity contribution in [2.24, 2.45) is 10.2 Å². The molecule has 0 aliphatic carbocycles. The fourth-order valence-corrected chi connectivity index (χ4v) is 0.807. The summed E-state index contributed by atoms with van der Waals surface area (Å²) in [7, 11) is 0. The molecule has 1 N–H and O–H groups in total. The summed E-state index contributed by atoms with van der Waals surface area (Å²) in [6.45, 7) is 1.96. The van der Waals surface area contributed by atoms with Crippen molar-refractivity contribution in [2.75, 3.05) is 0 Å². The van der Waals surface area contributed by atoms with Crippen molar-refractivity contribution in [1.29, 1.82) is 0 Å². The highest BCUT2D eigenvalue weighted by atomic mass is 16.2. The Labute approximate surface area is 81.6 Å². The van der Waals surface area contributed by atoms with Crippen LogP contribution in [0.2, 0.25) is 0 Å². The van der Waals surface area contributed by atoms with Crippen LogP contribution in [0.1, 0.15) is 5.56 Å². The number of azo groups is 1. The van der Waals surface area contributed by atoms with E-state index in [0.29, 0.717) is 18.2 Å². The molecule has 0 aliphatic heterocycles. The van der Waals surface area contributed by atoms with Crippen molar-refractivity contribution >= 4 is 12.0 Å². The van der Waals surface area contributed by atoms with Gasteiger partial charge in [0.15, 0.2) is 12.0 Å². The molecular formula is C10H10N2O2. The molecule has 72 valence electrons. The van der Waals surface area contributed by atoms with Crippen molar-refractivity contribution in [2.45, 2.75) is 6.92 Å². The van der Waals surface area contributed by atoms with E-state index in [1.807, 2.05) is 19.1 Å². The second kappa shape index (κ2) is 4.91. The lowest BCUT2D eigenvalue weighted by atomic mass is 10.2. The highest BCUT2D eigenvalue weighted by Gasteiger charge is 1.91. The number of carbonyl (C=O) groups excluding carboxylic acids is 1. The van der Waals surface area contributed by atoms with Gasteiger partial charge in [-0.25, -0.2) is 0 Å². The van der Waals surface area contributed by atoms with E-state index >= 15 is 0 Å². The lowest BCUT2D eigenvalue weighted by molar-refractivity contribution is -0.105. The van der Waals surface area contributed by atoms with Gasteiger partial charge in [-0.05, 0) is 19.1 Å². The first kappa shape index (κ1) is 10.1. The van der Waals surface area contributed by atoms with Gasteiger partial charge in [0.1, 0.15) is 6.26 Å². The predicted molar refractivity (Wildman–Crippen MR) is 52.5 cm³/mol. The average Bonchev–Trinajstić information content (AvgIpc) is 2.22. The molecule has 0 aromatic heterocycles. The topological polar surface area (TPSA) is 62.0 Å². The fraction of sp³-hybridized carbons (Fsp3) is 0.100. The van der Waals surface area contributed by atoms with E-state index in [9.17, 15) is 4.79 Å². The Morgan fingerprint density at radius 1 is 1.36 bits per heavy atom. The summed E-state index contributed by atoms with van der Waals surface area (Å²) in [6.07, 6.45) is 1.04. The third-order valence-corrected chi connectivity index (χ3v) is 1.57. The number of nitrogens with zero attached hydrogens (tertiary/aromatic N) is 2. The second-order valence-electron chi connectivity index (χ2n) is 2.71. The largest absolute Gasteiger partial charge is 0.513 e. The van der Waals surface area contributed by atoms with Crippen molar-refractivity contribution in [3.05, 3.63) is 41.8 Å². The maximum absolute atomic E-state index is 10.2. The first-order chi connectivity index (χ1) is 6.76. The number of aliphatic hydroxyl groups is 1. The van der Waals surface area contributed by atoms with Crippen molar-refractivity contribution in [3.63, 3.8) is 0 Å². The molecule has 1 aromatic rings. The molecule has 4 heteroatoms. The molecule has 0 saturated heterocycles. The maximum Gasteiger partial charge on any atom is 0.173 e. The SMILES string of the molecule is Cc1ccc(N=N/C(C=O)=C\O)cc1. The second-order valence-corrected chi connectivity index (χ2v) is 2.71. The van der Waals surface area contributed by atoms with Crippen LogP contribution in [0.25, 0.3) is 0 Å². The maximum atomic E-state index is 10.2. The Morgan fingerprint density at radius 2 is 2.00 bits per heavy atom. The van der Waals surface area contributed by atoms with Gasteiger partial charge >= 0.3 is 0 Å². The number of carbonyl (C=O) groups is 1. The van der Waals surface area contributed by atoms with Gasteiger partial charge in [-0.2, -0.15) is 5.11 Å². The van der Waals surface area contributed by atoms with Crippen LogP contribution in [-0.2, 0) is 4.79 Å². The van der Waals surface area contributed by atoms with Crippen LogP contribution in [0, 0.1) is 6.92 Å². The van der Waals surface area contributed by atoms with Crippen LogP contribution in [0.15, 0.2) is 46.5 Å². The van der Waals surface area contributed by atoms with Gasteiger partial charge in [0.05, 0.1) is 5.69 Å². The Kier molecular flexibility index (Phi) is 3.55. The lowest BCUT2D eigenvalue weighted by Gasteiger charge is -1.92. The van der Waals surface area contributed by atoms with Crippen LogP contribution in [0.5, 0.6) is 0 Å². The zero-order valence-corrected chi connectivity index (χ0v) is 7.71. The van der Waals surface area contributed by atoms with E-state index in [4.69, 9.17) is 5.11 Å². The molecule has 1 aromatic carbocycles. The molecule has 0 spiro atoms. The molecule has 14 heavy (non-hydrogen) atoms. The van der Waals surface area contributed by atoms with E-state index in [-0.39, 0.29) is 5.70 Å². The van der Waals surface area contributed by atoms with Gasteiger partial charge in [-0.15, -0.1) is 5.11 Å². The first-order valence-corrected chi connectivity index (χ1v) is 4.04. The molecule has 0 radical (unpaired) electrons. The predicted octanol–water partition coefficient (Wildman–Crippen LogP) is 2.68. The van der Waals surface area contributed by atoms with Gasteiger partial charge in [0, 0.05) is 0 Å². The van der Waals surface area contributed by atoms with E-state index in [1.165, 1.54) is 0 Å². The third-order valence-electron chi connectivity index (χ3n) is 1.57. The smallest absolute Gasteiger partial charge is 0.173 e. The van der Waals surface area contributed by atoms with E-state index < -0.39 is 0 Å². The Balaban J connectivity index is 2.78. The van der Waals surface area contributed by atoms with Crippen LogP contribution < -0.4 is 0 Å². The minimum absolute atomic E-state index is 0.106. The zero-order valence-electron chi connectivity index (χ0n) is 7.71. The Hall–Kier alpha value is -1.97. The molecule has 0 unspecified atom stereocenters. The number of allylic oxidation sites excluding steroid dienone is 1. The first-order valence-electron chi connectivity index (χ1n) is 4.04. The normalized spacial score (nSPS) is 11.9. The highest BCUT2D eigenvalue weighted by Crippen LogP contribution is 2.13. The molecule has 4 nitrogen and oxygen atoms in total. The highest BCUT2D eigenvalue weighted by molar-refractivity contribution is 5.71. The standard InChI is InChI=1S/C10H10N2O2/c1-8-2-4-9(5-3-8)11-12-10(6-13)7-14/h2-7,13H,1H3/b10-6-,12-11?. The summed E-state index contributed by atoms with van der Waals surface area (Å²) in [5.41, 5.74) is 1.65. The average molecular weight is 190 g/mol. The quantitative estimate of drug-likeness (QED) is 0.344. The van der Waals surface area contributed by atoms with Crippen LogP contribution in [0.4, 0.5) is 5.69 Å². The number of aliphatic hydroxyl groups excluding tert-OH is 1. The molecule has 0 fully saturated rings. The van der Waals surface area contributed by atoms with E-state index in [1.54, 1.807) is 12.1 Å². The lowest BCUT2D eigenvalue weighted by Crippen LogP contribution is -1.77. The molecule has 1 rings (SSSR count).